The van der Waals surface area contributed by atoms with Crippen LogP contribution in [0.3, 0.4) is 0 Å². The van der Waals surface area contributed by atoms with Crippen LogP contribution in [-0.2, 0) is 23.2 Å². The van der Waals surface area contributed by atoms with E-state index in [9.17, 15) is 0 Å². The number of hydrogen-bond donors (Lipinski definition) is 0. The van der Waals surface area contributed by atoms with E-state index < -0.39 is 0 Å². The van der Waals surface area contributed by atoms with Crippen LogP contribution in [0.4, 0.5) is 0 Å². The Morgan fingerprint density at radius 2 is 2.15 bits per heavy atom. The minimum absolute atomic E-state index is 0.286. The molecule has 0 saturated carbocycles. The molecule has 0 saturated heterocycles. The average molecular weight is 273 g/mol. The number of hydrogen-bond acceptors (Lipinski definition) is 0. The van der Waals surface area contributed by atoms with Crippen LogP contribution in [0.1, 0.15) is 20.3 Å². The molecule has 0 bridgehead atoms. The standard InChI is InChI=1S/C6H14P.C5H5.Zr/c1-6(2)5-7(3)4;1-2-4-5-3-1;/h5H2,1-4H3;1-3H,4H2;. The molecule has 0 heterocycles. The van der Waals surface area contributed by atoms with Crippen molar-refractivity contribution in [3.63, 3.8) is 0 Å². The summed E-state index contributed by atoms with van der Waals surface area (Å²) in [5.74, 6) is 0. The van der Waals surface area contributed by atoms with Crippen LogP contribution in [0, 0.1) is 0 Å². The Kier molecular flexibility index (Phi) is 4.60. The summed E-state index contributed by atoms with van der Waals surface area (Å²) < 4.78 is 2.46. The van der Waals surface area contributed by atoms with Gasteiger partial charge in [0.1, 0.15) is 0 Å². The normalized spacial score (nSPS) is 16.5. The number of allylic oxidation sites excluding steroid dienone is 4. The van der Waals surface area contributed by atoms with Gasteiger partial charge in [-0.1, -0.05) is 0 Å². The second-order valence-electron chi connectivity index (χ2n) is 4.57. The fourth-order valence-electron chi connectivity index (χ4n) is 1.80. The molecular formula is C11H19PZr. The van der Waals surface area contributed by atoms with Crippen LogP contribution in [-0.4, -0.2) is 19.5 Å². The van der Waals surface area contributed by atoms with Gasteiger partial charge in [-0.15, -0.1) is 0 Å². The monoisotopic (exact) mass is 272 g/mol. The summed E-state index contributed by atoms with van der Waals surface area (Å²) in [5.41, 5.74) is 0. The molecule has 0 unspecified atom stereocenters. The first-order chi connectivity index (χ1) is 5.99. The van der Waals surface area contributed by atoms with Gasteiger partial charge >= 0.3 is 95.5 Å². The Balaban J connectivity index is 2.42. The number of rotatable bonds is 4. The molecule has 1 rings (SSSR count). The van der Waals surface area contributed by atoms with Crippen molar-refractivity contribution < 1.29 is 23.2 Å². The zero-order valence-corrected chi connectivity index (χ0v) is 12.4. The summed E-state index contributed by atoms with van der Waals surface area (Å²) in [6.45, 7) is 9.75. The van der Waals surface area contributed by atoms with Crippen molar-refractivity contribution in [2.75, 3.05) is 19.5 Å². The molecule has 2 heteroatoms. The SMILES string of the molecule is CP(C)C[C](C)(C)[Zr][C]1=CC=CC1. The van der Waals surface area contributed by atoms with Gasteiger partial charge in [-0.25, -0.2) is 0 Å². The maximum atomic E-state index is 2.47. The fraction of sp³-hybridized carbons (Fsp3) is 0.636. The molecule has 0 aliphatic heterocycles. The summed E-state index contributed by atoms with van der Waals surface area (Å²) in [6.07, 6.45) is 9.62. The summed E-state index contributed by atoms with van der Waals surface area (Å²) in [6, 6.07) is 0. The van der Waals surface area contributed by atoms with E-state index in [-0.39, 0.29) is 31.2 Å². The van der Waals surface area contributed by atoms with E-state index in [0.29, 0.717) is 3.12 Å². The summed E-state index contributed by atoms with van der Waals surface area (Å²) in [7, 11) is 0.286. The molecule has 0 N–H and O–H groups in total. The van der Waals surface area contributed by atoms with E-state index in [1.165, 1.54) is 12.6 Å². The molecule has 0 radical (unpaired) electrons. The zero-order chi connectivity index (χ0) is 9.90. The first-order valence-electron chi connectivity index (χ1n) is 4.78. The molecule has 1 aliphatic rings. The Hall–Kier alpha value is 0.793. The van der Waals surface area contributed by atoms with Gasteiger partial charge < -0.3 is 0 Å². The molecular weight excluding hydrogens is 254 g/mol. The van der Waals surface area contributed by atoms with Crippen LogP contribution in [0.15, 0.2) is 21.5 Å². The van der Waals surface area contributed by atoms with Crippen molar-refractivity contribution in [2.24, 2.45) is 0 Å². The Labute approximate surface area is 95.2 Å². The molecule has 0 aromatic rings. The van der Waals surface area contributed by atoms with E-state index in [1.807, 2.05) is 0 Å². The van der Waals surface area contributed by atoms with Gasteiger partial charge in [0.25, 0.3) is 0 Å². The molecule has 0 amide bonds. The van der Waals surface area contributed by atoms with Gasteiger partial charge in [0, 0.05) is 0 Å². The third-order valence-corrected chi connectivity index (χ3v) is 7.93. The van der Waals surface area contributed by atoms with Crippen LogP contribution >= 0.6 is 7.92 Å². The Bertz CT molecular complexity index is 226. The third kappa shape index (κ3) is 4.71. The molecule has 0 aromatic carbocycles. The summed E-state index contributed by atoms with van der Waals surface area (Å²) in [5, 5.41) is 0. The van der Waals surface area contributed by atoms with E-state index in [0.717, 1.165) is 0 Å². The van der Waals surface area contributed by atoms with Crippen molar-refractivity contribution in [1.29, 1.82) is 0 Å². The third-order valence-electron chi connectivity index (χ3n) is 1.98. The van der Waals surface area contributed by atoms with E-state index in [4.69, 9.17) is 0 Å². The zero-order valence-electron chi connectivity index (χ0n) is 9.09. The topological polar surface area (TPSA) is 0 Å². The summed E-state index contributed by atoms with van der Waals surface area (Å²) in [4.78, 5) is 0. The van der Waals surface area contributed by atoms with Crippen molar-refractivity contribution in [3.05, 3.63) is 21.5 Å². The predicted octanol–water partition coefficient (Wildman–Crippen LogP) is 3.85. The van der Waals surface area contributed by atoms with E-state index in [1.54, 1.807) is 3.28 Å². The van der Waals surface area contributed by atoms with Crippen molar-refractivity contribution in [3.8, 4) is 0 Å². The van der Waals surface area contributed by atoms with Gasteiger partial charge in [-0.2, -0.15) is 0 Å². The van der Waals surface area contributed by atoms with E-state index >= 15 is 0 Å². The first kappa shape index (κ1) is 11.9. The van der Waals surface area contributed by atoms with Gasteiger partial charge in [-0.05, 0) is 0 Å². The van der Waals surface area contributed by atoms with E-state index in [2.05, 4.69) is 45.4 Å². The molecule has 72 valence electrons. The Morgan fingerprint density at radius 1 is 1.46 bits per heavy atom. The Morgan fingerprint density at radius 3 is 2.62 bits per heavy atom. The predicted molar refractivity (Wildman–Crippen MR) is 59.5 cm³/mol. The van der Waals surface area contributed by atoms with Crippen LogP contribution < -0.4 is 0 Å². The van der Waals surface area contributed by atoms with Crippen molar-refractivity contribution in [2.45, 2.75) is 23.4 Å². The second-order valence-corrected chi connectivity index (χ2v) is 12.6. The maximum absolute atomic E-state index is 2.47. The quantitative estimate of drug-likeness (QED) is 0.683. The van der Waals surface area contributed by atoms with Crippen LogP contribution in [0.25, 0.3) is 0 Å². The molecule has 0 atom stereocenters. The molecule has 0 spiro atoms. The average Bonchev–Trinajstić information content (AvgIpc) is 2.34. The van der Waals surface area contributed by atoms with Crippen LogP contribution in [0.2, 0.25) is 3.12 Å². The van der Waals surface area contributed by atoms with Crippen molar-refractivity contribution >= 4 is 7.92 Å². The van der Waals surface area contributed by atoms with Crippen LogP contribution in [0.5, 0.6) is 0 Å². The second kappa shape index (κ2) is 5.04. The van der Waals surface area contributed by atoms with Gasteiger partial charge in [0.2, 0.25) is 0 Å². The molecule has 0 fully saturated rings. The molecule has 13 heavy (non-hydrogen) atoms. The van der Waals surface area contributed by atoms with Gasteiger partial charge in [0.05, 0.1) is 0 Å². The van der Waals surface area contributed by atoms with Crippen molar-refractivity contribution in [1.82, 2.24) is 0 Å². The van der Waals surface area contributed by atoms with Gasteiger partial charge in [0.15, 0.2) is 0 Å². The minimum atomic E-state index is -0.301. The molecule has 0 aromatic heterocycles. The molecule has 0 nitrogen and oxygen atoms in total. The summed E-state index contributed by atoms with van der Waals surface area (Å²) >= 11 is -0.301. The fourth-order valence-corrected chi connectivity index (χ4v) is 9.50. The van der Waals surface area contributed by atoms with Gasteiger partial charge in [-0.3, -0.25) is 0 Å². The first-order valence-corrected chi connectivity index (χ1v) is 9.66. The molecule has 1 aliphatic carbocycles.